The first-order chi connectivity index (χ1) is 8.03. The Labute approximate surface area is 117 Å². The van der Waals surface area contributed by atoms with Crippen molar-refractivity contribution >= 4 is 27.7 Å². The highest BCUT2D eigenvalue weighted by molar-refractivity contribution is 9.10. The standard InChI is InChI=1S/C14H18BrNS/c1-14(2,11-16)9-3-4-10-17-13-7-5-12(15)6-8-13/h5-8H,3-4,9-10H2,1-2H3. The van der Waals surface area contributed by atoms with Crippen LogP contribution in [0.15, 0.2) is 33.6 Å². The van der Waals surface area contributed by atoms with Gasteiger partial charge in [0.05, 0.1) is 11.5 Å². The van der Waals surface area contributed by atoms with Crippen molar-refractivity contribution in [1.82, 2.24) is 0 Å². The molecule has 1 aromatic rings. The van der Waals surface area contributed by atoms with Gasteiger partial charge >= 0.3 is 0 Å². The molecule has 0 heterocycles. The van der Waals surface area contributed by atoms with Crippen LogP contribution in [-0.4, -0.2) is 5.75 Å². The molecule has 3 heteroatoms. The smallest absolute Gasteiger partial charge is 0.0683 e. The van der Waals surface area contributed by atoms with Gasteiger partial charge in [-0.05, 0) is 56.7 Å². The molecule has 0 unspecified atom stereocenters. The molecule has 1 aromatic carbocycles. The van der Waals surface area contributed by atoms with E-state index in [2.05, 4.69) is 46.3 Å². The average molecular weight is 312 g/mol. The molecule has 92 valence electrons. The fraction of sp³-hybridized carbons (Fsp3) is 0.500. The molecule has 0 saturated heterocycles. The molecule has 1 rings (SSSR count). The van der Waals surface area contributed by atoms with E-state index in [0.29, 0.717) is 0 Å². The maximum absolute atomic E-state index is 8.89. The number of hydrogen-bond acceptors (Lipinski definition) is 2. The first kappa shape index (κ1) is 14.6. The second kappa shape index (κ2) is 7.08. The highest BCUT2D eigenvalue weighted by Crippen LogP contribution is 2.25. The zero-order valence-corrected chi connectivity index (χ0v) is 12.8. The summed E-state index contributed by atoms with van der Waals surface area (Å²) in [5.41, 5.74) is -0.164. The summed E-state index contributed by atoms with van der Waals surface area (Å²) in [6.45, 7) is 4.02. The van der Waals surface area contributed by atoms with Crippen LogP contribution < -0.4 is 0 Å². The summed E-state index contributed by atoms with van der Waals surface area (Å²) < 4.78 is 1.12. The largest absolute Gasteiger partial charge is 0.198 e. The summed E-state index contributed by atoms with van der Waals surface area (Å²) in [4.78, 5) is 1.31. The van der Waals surface area contributed by atoms with Crippen molar-refractivity contribution in [3.05, 3.63) is 28.7 Å². The van der Waals surface area contributed by atoms with Crippen LogP contribution in [-0.2, 0) is 0 Å². The molecule has 0 atom stereocenters. The Morgan fingerprint density at radius 3 is 2.47 bits per heavy atom. The van der Waals surface area contributed by atoms with Gasteiger partial charge in [-0.1, -0.05) is 22.4 Å². The average Bonchev–Trinajstić information content (AvgIpc) is 2.31. The van der Waals surface area contributed by atoms with E-state index in [1.54, 1.807) is 0 Å². The molecular formula is C14H18BrNS. The minimum atomic E-state index is -0.164. The molecule has 0 aromatic heterocycles. The van der Waals surface area contributed by atoms with Crippen molar-refractivity contribution in [2.24, 2.45) is 5.41 Å². The molecule has 0 spiro atoms. The fourth-order valence-electron chi connectivity index (χ4n) is 1.45. The van der Waals surface area contributed by atoms with Crippen LogP contribution in [0.3, 0.4) is 0 Å². The second-order valence-corrected chi connectivity index (χ2v) is 6.84. The summed E-state index contributed by atoms with van der Waals surface area (Å²) in [7, 11) is 0. The van der Waals surface area contributed by atoms with Crippen molar-refractivity contribution in [2.75, 3.05) is 5.75 Å². The number of rotatable bonds is 6. The number of nitriles is 1. The van der Waals surface area contributed by atoms with Gasteiger partial charge in [0.2, 0.25) is 0 Å². The molecule has 0 radical (unpaired) electrons. The minimum Gasteiger partial charge on any atom is -0.198 e. The van der Waals surface area contributed by atoms with Crippen LogP contribution >= 0.6 is 27.7 Å². The molecule has 0 aliphatic heterocycles. The SMILES string of the molecule is CC(C)(C#N)CCCCSc1ccc(Br)cc1. The highest BCUT2D eigenvalue weighted by Gasteiger charge is 2.15. The van der Waals surface area contributed by atoms with Crippen LogP contribution in [0, 0.1) is 16.7 Å². The topological polar surface area (TPSA) is 23.8 Å². The number of halogens is 1. The lowest BCUT2D eigenvalue weighted by Crippen LogP contribution is -2.07. The molecule has 1 nitrogen and oxygen atoms in total. The van der Waals surface area contributed by atoms with Gasteiger partial charge in [0, 0.05) is 9.37 Å². The summed E-state index contributed by atoms with van der Waals surface area (Å²) >= 11 is 5.31. The Kier molecular flexibility index (Phi) is 6.08. The third-order valence-corrected chi connectivity index (χ3v) is 4.21. The van der Waals surface area contributed by atoms with E-state index in [-0.39, 0.29) is 5.41 Å². The lowest BCUT2D eigenvalue weighted by molar-refractivity contribution is 0.433. The number of thioether (sulfide) groups is 1. The maximum Gasteiger partial charge on any atom is 0.0683 e. The quantitative estimate of drug-likeness (QED) is 0.528. The van der Waals surface area contributed by atoms with Crippen molar-refractivity contribution in [3.63, 3.8) is 0 Å². The van der Waals surface area contributed by atoms with E-state index in [1.165, 1.54) is 11.3 Å². The van der Waals surface area contributed by atoms with Crippen LogP contribution in [0.25, 0.3) is 0 Å². The first-order valence-electron chi connectivity index (χ1n) is 5.83. The summed E-state index contributed by atoms with van der Waals surface area (Å²) in [5, 5.41) is 8.89. The Bertz CT molecular complexity index is 378. The van der Waals surface area contributed by atoms with Crippen molar-refractivity contribution in [1.29, 1.82) is 5.26 Å². The zero-order valence-electron chi connectivity index (χ0n) is 10.4. The van der Waals surface area contributed by atoms with Crippen LogP contribution in [0.2, 0.25) is 0 Å². The van der Waals surface area contributed by atoms with Gasteiger partial charge in [-0.3, -0.25) is 0 Å². The minimum absolute atomic E-state index is 0.164. The molecule has 0 amide bonds. The van der Waals surface area contributed by atoms with Crippen molar-refractivity contribution in [2.45, 2.75) is 38.0 Å². The molecule has 0 aliphatic carbocycles. The van der Waals surface area contributed by atoms with Gasteiger partial charge in [-0.2, -0.15) is 5.26 Å². The van der Waals surface area contributed by atoms with Gasteiger partial charge in [0.1, 0.15) is 0 Å². The lowest BCUT2D eigenvalue weighted by Gasteiger charge is -2.13. The molecular weight excluding hydrogens is 294 g/mol. The predicted octanol–water partition coefficient (Wildman–Crippen LogP) is 5.26. The normalized spacial score (nSPS) is 11.2. The third-order valence-electron chi connectivity index (χ3n) is 2.58. The second-order valence-electron chi connectivity index (χ2n) is 4.76. The zero-order chi connectivity index (χ0) is 12.7. The van der Waals surface area contributed by atoms with Gasteiger partial charge in [0.25, 0.3) is 0 Å². The fourth-order valence-corrected chi connectivity index (χ4v) is 2.62. The van der Waals surface area contributed by atoms with Crippen LogP contribution in [0.5, 0.6) is 0 Å². The summed E-state index contributed by atoms with van der Waals surface area (Å²) in [6, 6.07) is 10.8. The highest BCUT2D eigenvalue weighted by atomic mass is 79.9. The Balaban J connectivity index is 2.17. The van der Waals surface area contributed by atoms with E-state index >= 15 is 0 Å². The van der Waals surface area contributed by atoms with E-state index in [9.17, 15) is 0 Å². The predicted molar refractivity (Wildman–Crippen MR) is 78.1 cm³/mol. The molecule has 17 heavy (non-hydrogen) atoms. The van der Waals surface area contributed by atoms with Crippen LogP contribution in [0.1, 0.15) is 33.1 Å². The molecule has 0 fully saturated rings. The van der Waals surface area contributed by atoms with E-state index in [1.807, 2.05) is 25.6 Å². The summed E-state index contributed by atoms with van der Waals surface area (Å²) in [6.07, 6.45) is 3.29. The summed E-state index contributed by atoms with van der Waals surface area (Å²) in [5.74, 6) is 1.13. The van der Waals surface area contributed by atoms with Gasteiger partial charge < -0.3 is 0 Å². The van der Waals surface area contributed by atoms with E-state index < -0.39 is 0 Å². The van der Waals surface area contributed by atoms with Gasteiger partial charge in [0.15, 0.2) is 0 Å². The van der Waals surface area contributed by atoms with E-state index in [4.69, 9.17) is 5.26 Å². The Morgan fingerprint density at radius 2 is 1.88 bits per heavy atom. The molecule has 0 aliphatic rings. The number of nitrogens with zero attached hydrogens (tertiary/aromatic N) is 1. The third kappa shape index (κ3) is 6.14. The van der Waals surface area contributed by atoms with Crippen molar-refractivity contribution < 1.29 is 0 Å². The molecule has 0 bridgehead atoms. The van der Waals surface area contributed by atoms with E-state index in [0.717, 1.165) is 23.1 Å². The molecule has 0 N–H and O–H groups in total. The van der Waals surface area contributed by atoms with Gasteiger partial charge in [-0.25, -0.2) is 0 Å². The number of hydrogen-bond donors (Lipinski definition) is 0. The van der Waals surface area contributed by atoms with Crippen molar-refractivity contribution in [3.8, 4) is 6.07 Å². The monoisotopic (exact) mass is 311 g/mol. The van der Waals surface area contributed by atoms with Gasteiger partial charge in [-0.15, -0.1) is 11.8 Å². The Morgan fingerprint density at radius 1 is 1.24 bits per heavy atom. The lowest BCUT2D eigenvalue weighted by atomic mass is 9.89. The number of benzene rings is 1. The van der Waals surface area contributed by atoms with Crippen LogP contribution in [0.4, 0.5) is 0 Å². The number of unbranched alkanes of at least 4 members (excludes halogenated alkanes) is 1. The first-order valence-corrected chi connectivity index (χ1v) is 7.61. The maximum atomic E-state index is 8.89. The molecule has 0 saturated carbocycles. The Hall–Kier alpha value is -0.460.